The number of azide groups is 1. The Kier molecular flexibility index (Phi) is 5.43. The van der Waals surface area contributed by atoms with Gasteiger partial charge in [0.1, 0.15) is 6.61 Å². The van der Waals surface area contributed by atoms with Crippen LogP contribution >= 0.6 is 0 Å². The minimum atomic E-state index is -0.375. The second-order valence-electron chi connectivity index (χ2n) is 4.82. The van der Waals surface area contributed by atoms with Gasteiger partial charge in [0.2, 0.25) is 0 Å². The van der Waals surface area contributed by atoms with E-state index >= 15 is 0 Å². The lowest BCUT2D eigenvalue weighted by molar-refractivity contribution is 0.0108. The number of amides is 1. The Morgan fingerprint density at radius 3 is 2.90 bits per heavy atom. The molecule has 0 N–H and O–H groups in total. The molecule has 2 rings (SSSR count). The van der Waals surface area contributed by atoms with Crippen molar-refractivity contribution in [1.29, 1.82) is 0 Å². The van der Waals surface area contributed by atoms with Crippen LogP contribution in [0.25, 0.3) is 10.4 Å². The van der Waals surface area contributed by atoms with Crippen molar-refractivity contribution in [2.75, 3.05) is 20.2 Å². The molecule has 7 heteroatoms. The van der Waals surface area contributed by atoms with Crippen molar-refractivity contribution in [3.63, 3.8) is 0 Å². The monoisotopic (exact) mass is 290 g/mol. The van der Waals surface area contributed by atoms with Gasteiger partial charge in [-0.3, -0.25) is 0 Å². The third-order valence-electron chi connectivity index (χ3n) is 3.49. The van der Waals surface area contributed by atoms with Crippen molar-refractivity contribution in [2.24, 2.45) is 5.11 Å². The molecule has 0 bridgehead atoms. The molecule has 1 fully saturated rings. The maximum Gasteiger partial charge on any atom is 0.410 e. The summed E-state index contributed by atoms with van der Waals surface area (Å²) in [6.07, 6.45) is -0.0950. The molecule has 112 valence electrons. The van der Waals surface area contributed by atoms with Gasteiger partial charge in [-0.05, 0) is 17.5 Å². The molecule has 1 heterocycles. The van der Waals surface area contributed by atoms with Gasteiger partial charge in [-0.15, -0.1) is 0 Å². The lowest BCUT2D eigenvalue weighted by atomic mass is 10.0. The molecular formula is C14H18N4O3. The number of ether oxygens (including phenoxy) is 2. The molecule has 0 radical (unpaired) electrons. The first-order valence-corrected chi connectivity index (χ1v) is 6.77. The van der Waals surface area contributed by atoms with E-state index in [2.05, 4.69) is 10.0 Å². The normalized spacial score (nSPS) is 21.5. The van der Waals surface area contributed by atoms with E-state index < -0.39 is 0 Å². The van der Waals surface area contributed by atoms with Crippen molar-refractivity contribution < 1.29 is 14.3 Å². The second kappa shape index (κ2) is 7.52. The number of benzene rings is 1. The molecule has 0 aromatic heterocycles. The number of carbonyl (C=O) groups excluding carboxylic acids is 1. The molecule has 1 aromatic carbocycles. The molecule has 0 unspecified atom stereocenters. The molecular weight excluding hydrogens is 272 g/mol. The summed E-state index contributed by atoms with van der Waals surface area (Å²) in [6.45, 7) is 1.11. The predicted octanol–water partition coefficient (Wildman–Crippen LogP) is 2.72. The predicted molar refractivity (Wildman–Crippen MR) is 76.5 cm³/mol. The highest BCUT2D eigenvalue weighted by atomic mass is 16.6. The van der Waals surface area contributed by atoms with Crippen LogP contribution in [-0.2, 0) is 16.1 Å². The van der Waals surface area contributed by atoms with Gasteiger partial charge in [-0.1, -0.05) is 35.4 Å². The maximum atomic E-state index is 12.0. The summed E-state index contributed by atoms with van der Waals surface area (Å²) in [4.78, 5) is 16.4. The van der Waals surface area contributed by atoms with E-state index in [0.717, 1.165) is 5.56 Å². The van der Waals surface area contributed by atoms with Crippen LogP contribution in [0.3, 0.4) is 0 Å². The van der Waals surface area contributed by atoms with Crippen molar-refractivity contribution >= 4 is 6.09 Å². The molecule has 21 heavy (non-hydrogen) atoms. The fourth-order valence-electron chi connectivity index (χ4n) is 2.31. The van der Waals surface area contributed by atoms with Crippen LogP contribution in [0.1, 0.15) is 12.0 Å². The first-order chi connectivity index (χ1) is 10.2. The van der Waals surface area contributed by atoms with Gasteiger partial charge in [0, 0.05) is 18.6 Å². The summed E-state index contributed by atoms with van der Waals surface area (Å²) in [5.41, 5.74) is 9.46. The van der Waals surface area contributed by atoms with Gasteiger partial charge in [0.05, 0.1) is 18.7 Å². The van der Waals surface area contributed by atoms with Gasteiger partial charge >= 0.3 is 6.09 Å². The van der Waals surface area contributed by atoms with E-state index in [-0.39, 0.29) is 24.8 Å². The zero-order valence-corrected chi connectivity index (χ0v) is 11.9. The molecule has 7 nitrogen and oxygen atoms in total. The zero-order valence-electron chi connectivity index (χ0n) is 11.9. The molecule has 0 saturated carbocycles. The van der Waals surface area contributed by atoms with Crippen molar-refractivity contribution in [1.82, 2.24) is 4.90 Å². The Bertz CT molecular complexity index is 516. The topological polar surface area (TPSA) is 87.5 Å². The first kappa shape index (κ1) is 15.2. The molecule has 1 saturated heterocycles. The molecule has 1 amide bonds. The number of piperidine rings is 1. The Hall–Kier alpha value is -2.24. The summed E-state index contributed by atoms with van der Waals surface area (Å²) in [7, 11) is 1.55. The summed E-state index contributed by atoms with van der Waals surface area (Å²) >= 11 is 0. The van der Waals surface area contributed by atoms with Gasteiger partial charge in [0.25, 0.3) is 0 Å². The highest BCUT2D eigenvalue weighted by molar-refractivity contribution is 5.67. The smallest absolute Gasteiger partial charge is 0.410 e. The SMILES string of the molecule is CO[C@@H]1CN(C(=O)OCc2ccccc2)CC[C@H]1N=[N+]=[N-]. The van der Waals surface area contributed by atoms with E-state index in [4.69, 9.17) is 15.0 Å². The van der Waals surface area contributed by atoms with Gasteiger partial charge in [0.15, 0.2) is 0 Å². The molecule has 0 spiro atoms. The zero-order chi connectivity index (χ0) is 15.1. The maximum absolute atomic E-state index is 12.0. The highest BCUT2D eigenvalue weighted by Gasteiger charge is 2.31. The molecule has 2 atom stereocenters. The van der Waals surface area contributed by atoms with Crippen LogP contribution in [0, 0.1) is 0 Å². The van der Waals surface area contributed by atoms with Gasteiger partial charge in [-0.25, -0.2) is 4.79 Å². The molecule has 0 aliphatic carbocycles. The highest BCUT2D eigenvalue weighted by Crippen LogP contribution is 2.18. The number of hydrogen-bond donors (Lipinski definition) is 0. The van der Waals surface area contributed by atoms with Crippen LogP contribution in [-0.4, -0.2) is 43.3 Å². The van der Waals surface area contributed by atoms with E-state index in [9.17, 15) is 4.79 Å². The number of carbonyl (C=O) groups is 1. The number of hydrogen-bond acceptors (Lipinski definition) is 4. The number of likely N-dealkylation sites (tertiary alicyclic amines) is 1. The quantitative estimate of drug-likeness (QED) is 0.485. The molecule has 1 aliphatic rings. The van der Waals surface area contributed by atoms with Crippen LogP contribution < -0.4 is 0 Å². The lowest BCUT2D eigenvalue weighted by Gasteiger charge is -2.34. The van der Waals surface area contributed by atoms with Gasteiger partial charge < -0.3 is 14.4 Å². The van der Waals surface area contributed by atoms with E-state index in [1.54, 1.807) is 12.0 Å². The largest absolute Gasteiger partial charge is 0.445 e. The number of methoxy groups -OCH3 is 1. The van der Waals surface area contributed by atoms with Crippen LogP contribution in [0.2, 0.25) is 0 Å². The third-order valence-corrected chi connectivity index (χ3v) is 3.49. The average Bonchev–Trinajstić information content (AvgIpc) is 2.54. The summed E-state index contributed by atoms with van der Waals surface area (Å²) in [5, 5.41) is 3.70. The standard InChI is InChI=1S/C14H18N4O3/c1-20-13-9-18(8-7-12(13)16-17-15)14(19)21-10-11-5-3-2-4-6-11/h2-6,12-13H,7-10H2,1H3/t12-,13-/m1/s1. The fourth-order valence-corrected chi connectivity index (χ4v) is 2.31. The number of nitrogens with zero attached hydrogens (tertiary/aromatic N) is 4. The lowest BCUT2D eigenvalue weighted by Crippen LogP contribution is -2.49. The molecule has 1 aromatic rings. The Morgan fingerprint density at radius 1 is 1.48 bits per heavy atom. The first-order valence-electron chi connectivity index (χ1n) is 6.77. The van der Waals surface area contributed by atoms with Crippen LogP contribution in [0.5, 0.6) is 0 Å². The van der Waals surface area contributed by atoms with Crippen molar-refractivity contribution in [3.8, 4) is 0 Å². The third kappa shape index (κ3) is 4.11. The second-order valence-corrected chi connectivity index (χ2v) is 4.82. The van der Waals surface area contributed by atoms with E-state index in [0.29, 0.717) is 19.5 Å². The van der Waals surface area contributed by atoms with Crippen molar-refractivity contribution in [3.05, 3.63) is 46.3 Å². The van der Waals surface area contributed by atoms with Crippen LogP contribution in [0.4, 0.5) is 4.79 Å². The Morgan fingerprint density at radius 2 is 2.24 bits per heavy atom. The van der Waals surface area contributed by atoms with E-state index in [1.165, 1.54) is 0 Å². The minimum absolute atomic E-state index is 0.238. The summed E-state index contributed by atoms with van der Waals surface area (Å²) in [6, 6.07) is 9.27. The minimum Gasteiger partial charge on any atom is -0.445 e. The summed E-state index contributed by atoms with van der Waals surface area (Å²) in [5.74, 6) is 0. The average molecular weight is 290 g/mol. The number of rotatable bonds is 4. The summed E-state index contributed by atoms with van der Waals surface area (Å²) < 4.78 is 10.6. The Labute approximate surface area is 123 Å². The van der Waals surface area contributed by atoms with Gasteiger partial charge in [-0.2, -0.15) is 0 Å². The Balaban J connectivity index is 1.87. The van der Waals surface area contributed by atoms with Crippen molar-refractivity contribution in [2.45, 2.75) is 25.2 Å². The van der Waals surface area contributed by atoms with Crippen LogP contribution in [0.15, 0.2) is 35.4 Å². The fraction of sp³-hybridized carbons (Fsp3) is 0.500. The molecule has 1 aliphatic heterocycles. The van der Waals surface area contributed by atoms with E-state index in [1.807, 2.05) is 30.3 Å².